The van der Waals surface area contributed by atoms with Crippen LogP contribution in [0.25, 0.3) is 17.1 Å². The lowest BCUT2D eigenvalue weighted by molar-refractivity contribution is -0.384. The van der Waals surface area contributed by atoms with Crippen LogP contribution >= 0.6 is 11.8 Å². The van der Waals surface area contributed by atoms with Crippen LogP contribution in [0.2, 0.25) is 0 Å². The summed E-state index contributed by atoms with van der Waals surface area (Å²) in [5.41, 5.74) is 4.38. The molecule has 1 N–H and O–H groups in total. The highest BCUT2D eigenvalue weighted by molar-refractivity contribution is 7.98. The molecule has 1 heterocycles. The number of nitro benzene ring substituents is 1. The molecule has 1 aromatic heterocycles. The van der Waals surface area contributed by atoms with Gasteiger partial charge in [0.05, 0.1) is 11.5 Å². The Morgan fingerprint density at radius 3 is 2.36 bits per heavy atom. The molecule has 0 atom stereocenters. The zero-order chi connectivity index (χ0) is 25.5. The van der Waals surface area contributed by atoms with E-state index in [1.54, 1.807) is 31.4 Å². The molecule has 36 heavy (non-hydrogen) atoms. The number of hydrogen-bond acceptors (Lipinski definition) is 7. The van der Waals surface area contributed by atoms with Gasteiger partial charge in [0.25, 0.3) is 11.6 Å². The van der Waals surface area contributed by atoms with Crippen molar-refractivity contribution in [1.29, 1.82) is 0 Å². The van der Waals surface area contributed by atoms with Crippen molar-refractivity contribution in [3.8, 4) is 17.1 Å². The Bertz CT molecular complexity index is 1340. The lowest BCUT2D eigenvalue weighted by atomic mass is 10.1. The van der Waals surface area contributed by atoms with E-state index in [1.165, 1.54) is 23.9 Å². The maximum atomic E-state index is 12.2. The van der Waals surface area contributed by atoms with Crippen LogP contribution in [0.15, 0.2) is 78.0 Å². The second kappa shape index (κ2) is 11.6. The first-order valence-corrected chi connectivity index (χ1v) is 12.2. The Balaban J connectivity index is 1.56. The summed E-state index contributed by atoms with van der Waals surface area (Å²) in [5, 5.41) is 23.4. The number of benzene rings is 3. The van der Waals surface area contributed by atoms with Crippen molar-refractivity contribution in [2.45, 2.75) is 17.8 Å². The van der Waals surface area contributed by atoms with Crippen molar-refractivity contribution in [3.63, 3.8) is 0 Å². The number of thioether (sulfide) groups is 1. The second-order valence-electron chi connectivity index (χ2n) is 8.02. The van der Waals surface area contributed by atoms with Gasteiger partial charge in [-0.1, -0.05) is 41.6 Å². The van der Waals surface area contributed by atoms with Crippen LogP contribution in [0.5, 0.6) is 0 Å². The summed E-state index contributed by atoms with van der Waals surface area (Å²) in [6.07, 6.45) is 0. The zero-order valence-electron chi connectivity index (χ0n) is 19.9. The predicted octanol–water partition coefficient (Wildman–Crippen LogP) is 4.82. The minimum atomic E-state index is -0.426. The first kappa shape index (κ1) is 25.1. The van der Waals surface area contributed by atoms with Crippen LogP contribution in [-0.2, 0) is 10.5 Å². The third-order valence-electron chi connectivity index (χ3n) is 5.44. The van der Waals surface area contributed by atoms with E-state index in [9.17, 15) is 14.9 Å². The van der Waals surface area contributed by atoms with E-state index in [1.807, 2.05) is 47.9 Å². The molecule has 0 aliphatic rings. The molecule has 4 rings (SSSR count). The third kappa shape index (κ3) is 5.96. The Morgan fingerprint density at radius 1 is 1.03 bits per heavy atom. The molecule has 0 spiro atoms. The van der Waals surface area contributed by atoms with Gasteiger partial charge in [0.15, 0.2) is 11.0 Å². The number of carbonyl (C=O) groups is 1. The summed E-state index contributed by atoms with van der Waals surface area (Å²) in [5.74, 6) is 1.08. The highest BCUT2D eigenvalue weighted by Crippen LogP contribution is 2.30. The number of aryl methyl sites for hydroxylation is 1. The van der Waals surface area contributed by atoms with E-state index >= 15 is 0 Å². The maximum absolute atomic E-state index is 12.2. The number of methoxy groups -OCH3 is 1. The van der Waals surface area contributed by atoms with Gasteiger partial charge in [-0.2, -0.15) is 0 Å². The molecular weight excluding hydrogens is 478 g/mol. The number of nitrogens with zero attached hydrogens (tertiary/aromatic N) is 4. The Kier molecular flexibility index (Phi) is 8.09. The van der Waals surface area contributed by atoms with Crippen molar-refractivity contribution < 1.29 is 14.5 Å². The predicted molar refractivity (Wildman–Crippen MR) is 138 cm³/mol. The molecule has 0 aliphatic heterocycles. The van der Waals surface area contributed by atoms with E-state index in [2.05, 4.69) is 15.5 Å². The quantitative estimate of drug-likeness (QED) is 0.143. The van der Waals surface area contributed by atoms with E-state index in [-0.39, 0.29) is 11.6 Å². The molecule has 0 bridgehead atoms. The molecule has 0 radical (unpaired) electrons. The number of amides is 1. The van der Waals surface area contributed by atoms with Crippen molar-refractivity contribution in [2.75, 3.05) is 20.3 Å². The number of nitro groups is 1. The van der Waals surface area contributed by atoms with Crippen molar-refractivity contribution >= 4 is 23.4 Å². The minimum Gasteiger partial charge on any atom is -0.383 e. The van der Waals surface area contributed by atoms with Gasteiger partial charge < -0.3 is 10.1 Å². The number of hydrogen-bond donors (Lipinski definition) is 1. The molecule has 3 aromatic carbocycles. The van der Waals surface area contributed by atoms with Gasteiger partial charge in [0, 0.05) is 48.4 Å². The topological polar surface area (TPSA) is 112 Å². The van der Waals surface area contributed by atoms with E-state index in [4.69, 9.17) is 4.74 Å². The molecule has 10 heteroatoms. The van der Waals surface area contributed by atoms with Gasteiger partial charge in [0.1, 0.15) is 0 Å². The number of aromatic nitrogens is 3. The molecular formula is C26H25N5O4S. The maximum Gasteiger partial charge on any atom is 0.269 e. The van der Waals surface area contributed by atoms with Crippen LogP contribution in [0.3, 0.4) is 0 Å². The highest BCUT2D eigenvalue weighted by Gasteiger charge is 2.17. The number of non-ortho nitro benzene ring substituents is 1. The van der Waals surface area contributed by atoms with Crippen molar-refractivity contribution in [3.05, 3.63) is 99.6 Å². The monoisotopic (exact) mass is 503 g/mol. The van der Waals surface area contributed by atoms with Gasteiger partial charge in [0.2, 0.25) is 0 Å². The van der Waals surface area contributed by atoms with E-state index < -0.39 is 4.92 Å². The molecule has 4 aromatic rings. The standard InChI is InChI=1S/C26H25N5O4S/c1-18-3-11-22(12-4-18)30-24(20-9-13-23(14-10-20)31(33)34)28-29-26(30)36-17-19-5-7-21(8-6-19)25(32)27-15-16-35-2/h3-14H,15-17H2,1-2H3,(H,27,32). The van der Waals surface area contributed by atoms with Crippen LogP contribution in [0.1, 0.15) is 21.5 Å². The summed E-state index contributed by atoms with van der Waals surface area (Å²) in [7, 11) is 1.59. The molecule has 9 nitrogen and oxygen atoms in total. The van der Waals surface area contributed by atoms with Crippen molar-refractivity contribution in [2.24, 2.45) is 0 Å². The molecule has 1 amide bonds. The largest absolute Gasteiger partial charge is 0.383 e. The summed E-state index contributed by atoms with van der Waals surface area (Å²) in [6.45, 7) is 2.94. The Hall–Kier alpha value is -4.02. The first-order valence-electron chi connectivity index (χ1n) is 11.2. The molecule has 0 aliphatic carbocycles. The van der Waals surface area contributed by atoms with Gasteiger partial charge in [-0.3, -0.25) is 19.5 Å². The summed E-state index contributed by atoms with van der Waals surface area (Å²) in [6, 6.07) is 21.7. The summed E-state index contributed by atoms with van der Waals surface area (Å²) in [4.78, 5) is 22.8. The average Bonchev–Trinajstić information content (AvgIpc) is 3.32. The number of rotatable bonds is 10. The summed E-state index contributed by atoms with van der Waals surface area (Å²) < 4.78 is 6.90. The Labute approximate surface area is 212 Å². The zero-order valence-corrected chi connectivity index (χ0v) is 20.7. The molecule has 0 fully saturated rings. The lowest BCUT2D eigenvalue weighted by Gasteiger charge is -2.11. The smallest absolute Gasteiger partial charge is 0.269 e. The van der Waals surface area contributed by atoms with E-state index in [0.717, 1.165) is 22.4 Å². The second-order valence-corrected chi connectivity index (χ2v) is 8.96. The minimum absolute atomic E-state index is 0.0191. The summed E-state index contributed by atoms with van der Waals surface area (Å²) >= 11 is 1.52. The lowest BCUT2D eigenvalue weighted by Crippen LogP contribution is -2.26. The molecule has 184 valence electrons. The van der Waals surface area contributed by atoms with Crippen LogP contribution < -0.4 is 5.32 Å². The fourth-order valence-corrected chi connectivity index (χ4v) is 4.39. The molecule has 0 unspecified atom stereocenters. The number of carbonyl (C=O) groups excluding carboxylic acids is 1. The molecule has 0 saturated heterocycles. The van der Waals surface area contributed by atoms with Gasteiger partial charge in [-0.05, 0) is 48.9 Å². The van der Waals surface area contributed by atoms with Crippen LogP contribution in [0, 0.1) is 17.0 Å². The third-order valence-corrected chi connectivity index (χ3v) is 6.44. The Morgan fingerprint density at radius 2 is 1.72 bits per heavy atom. The fraction of sp³-hybridized carbons (Fsp3) is 0.192. The van der Waals surface area contributed by atoms with Crippen LogP contribution in [0.4, 0.5) is 5.69 Å². The number of ether oxygens (including phenoxy) is 1. The average molecular weight is 504 g/mol. The highest BCUT2D eigenvalue weighted by atomic mass is 32.2. The normalized spacial score (nSPS) is 10.8. The van der Waals surface area contributed by atoms with Gasteiger partial charge in [-0.25, -0.2) is 0 Å². The molecule has 0 saturated carbocycles. The van der Waals surface area contributed by atoms with Gasteiger partial charge in [-0.15, -0.1) is 10.2 Å². The van der Waals surface area contributed by atoms with Crippen molar-refractivity contribution in [1.82, 2.24) is 20.1 Å². The fourth-order valence-electron chi connectivity index (χ4n) is 3.48. The van der Waals surface area contributed by atoms with E-state index in [0.29, 0.717) is 35.4 Å². The van der Waals surface area contributed by atoms with Crippen LogP contribution in [-0.4, -0.2) is 45.9 Å². The first-order chi connectivity index (χ1) is 17.5. The van der Waals surface area contributed by atoms with Gasteiger partial charge >= 0.3 is 0 Å². The SMILES string of the molecule is COCCNC(=O)c1ccc(CSc2nnc(-c3ccc([N+](=O)[O-])cc3)n2-c2ccc(C)cc2)cc1. The number of nitrogens with one attached hydrogen (secondary N) is 1.